The molecular weight excluding hydrogens is 182 g/mol. The zero-order valence-corrected chi connectivity index (χ0v) is 9.31. The number of aryl methyl sites for hydroxylation is 2. The second-order valence-electron chi connectivity index (χ2n) is 3.25. The lowest BCUT2D eigenvalue weighted by Crippen LogP contribution is -1.99. The van der Waals surface area contributed by atoms with Crippen LogP contribution in [0.15, 0.2) is 27.5 Å². The largest absolute Gasteiger partial charge is 0.245 e. The number of rotatable bonds is 1. The molecule has 0 aliphatic heterocycles. The van der Waals surface area contributed by atoms with Crippen molar-refractivity contribution in [2.45, 2.75) is 18.7 Å². The molecule has 0 saturated heterocycles. The van der Waals surface area contributed by atoms with Crippen LogP contribution in [0, 0.1) is 13.8 Å². The Morgan fingerprint density at radius 2 is 1.92 bits per heavy atom. The first kappa shape index (κ1) is 10.3. The number of hydrogen-bond acceptors (Lipinski definition) is 2. The van der Waals surface area contributed by atoms with Crippen LogP contribution < -0.4 is 0 Å². The Morgan fingerprint density at radius 1 is 1.31 bits per heavy atom. The molecule has 0 fully saturated rings. The summed E-state index contributed by atoms with van der Waals surface area (Å²) in [5, 5.41) is 0. The van der Waals surface area contributed by atoms with Gasteiger partial charge in [-0.05, 0) is 25.5 Å². The summed E-state index contributed by atoms with van der Waals surface area (Å²) in [4.78, 5) is 0.848. The van der Waals surface area contributed by atoms with Gasteiger partial charge in [-0.3, -0.25) is 0 Å². The number of hydrogen-bond donors (Lipinski definition) is 0. The van der Waals surface area contributed by atoms with Crippen LogP contribution in [0.25, 0.3) is 0 Å². The van der Waals surface area contributed by atoms with Crippen LogP contribution in [0.5, 0.6) is 0 Å². The van der Waals surface area contributed by atoms with Crippen molar-refractivity contribution in [3.05, 3.63) is 29.3 Å². The molecule has 13 heavy (non-hydrogen) atoms. The highest BCUT2D eigenvalue weighted by Crippen LogP contribution is 2.17. The van der Waals surface area contributed by atoms with Crippen molar-refractivity contribution in [1.29, 1.82) is 0 Å². The smallest absolute Gasteiger partial charge is 0.0722 e. The van der Waals surface area contributed by atoms with E-state index in [2.05, 4.69) is 4.36 Å². The third-order valence-corrected chi connectivity index (χ3v) is 4.06. The predicted octanol–water partition coefficient (Wildman–Crippen LogP) is 2.39. The summed E-state index contributed by atoms with van der Waals surface area (Å²) in [6.07, 6.45) is 1.67. The van der Waals surface area contributed by atoms with Gasteiger partial charge in [0.05, 0.1) is 14.6 Å². The van der Waals surface area contributed by atoms with Gasteiger partial charge in [-0.2, -0.15) is 0 Å². The molecule has 0 heterocycles. The fourth-order valence-corrected chi connectivity index (χ4v) is 2.50. The Hall–Kier alpha value is -0.830. The Morgan fingerprint density at radius 3 is 2.38 bits per heavy atom. The van der Waals surface area contributed by atoms with Crippen molar-refractivity contribution in [3.8, 4) is 0 Å². The molecule has 2 nitrogen and oxygen atoms in total. The SMILES string of the molecule is CN=S(C)(=O)c1ccc(C)cc1C. The molecule has 3 heteroatoms. The van der Waals surface area contributed by atoms with Gasteiger partial charge in [0, 0.05) is 13.3 Å². The fraction of sp³-hybridized carbons (Fsp3) is 0.400. The minimum absolute atomic E-state index is 0.848. The lowest BCUT2D eigenvalue weighted by atomic mass is 10.2. The second-order valence-corrected chi connectivity index (χ2v) is 5.66. The second kappa shape index (κ2) is 3.50. The first-order valence-corrected chi connectivity index (χ1v) is 6.07. The standard InChI is InChI=1S/C10H15NOS/c1-8-5-6-10(9(2)7-8)13(4,12)11-3/h5-7H,1-4H3. The molecule has 0 spiro atoms. The van der Waals surface area contributed by atoms with Crippen LogP contribution in [0.4, 0.5) is 0 Å². The van der Waals surface area contributed by atoms with E-state index in [4.69, 9.17) is 0 Å². The van der Waals surface area contributed by atoms with E-state index in [9.17, 15) is 4.21 Å². The molecule has 0 aliphatic carbocycles. The Kier molecular flexibility index (Phi) is 2.76. The zero-order chi connectivity index (χ0) is 10.1. The molecule has 1 rings (SSSR count). The quantitative estimate of drug-likeness (QED) is 0.679. The van der Waals surface area contributed by atoms with E-state index in [0.29, 0.717) is 0 Å². The van der Waals surface area contributed by atoms with Gasteiger partial charge >= 0.3 is 0 Å². The maximum absolute atomic E-state index is 11.9. The maximum atomic E-state index is 11.9. The molecule has 1 unspecified atom stereocenters. The van der Waals surface area contributed by atoms with Crippen molar-refractivity contribution in [2.24, 2.45) is 4.36 Å². The molecule has 0 amide bonds. The summed E-state index contributed by atoms with van der Waals surface area (Å²) in [5.41, 5.74) is 2.24. The van der Waals surface area contributed by atoms with Gasteiger partial charge in [0.25, 0.3) is 0 Å². The first-order valence-electron chi connectivity index (χ1n) is 4.15. The predicted molar refractivity (Wildman–Crippen MR) is 56.6 cm³/mol. The Bertz CT molecular complexity index is 429. The van der Waals surface area contributed by atoms with E-state index in [-0.39, 0.29) is 0 Å². The third-order valence-electron chi connectivity index (χ3n) is 2.09. The molecule has 0 aromatic heterocycles. The van der Waals surface area contributed by atoms with Crippen molar-refractivity contribution < 1.29 is 4.21 Å². The lowest BCUT2D eigenvalue weighted by Gasteiger charge is -2.07. The highest BCUT2D eigenvalue weighted by atomic mass is 32.2. The summed E-state index contributed by atoms with van der Waals surface area (Å²) in [6, 6.07) is 5.90. The van der Waals surface area contributed by atoms with Gasteiger partial charge in [-0.25, -0.2) is 8.57 Å². The van der Waals surface area contributed by atoms with Crippen LogP contribution in [-0.2, 0) is 9.73 Å². The number of nitrogens with zero attached hydrogens (tertiary/aromatic N) is 1. The van der Waals surface area contributed by atoms with Crippen LogP contribution >= 0.6 is 0 Å². The zero-order valence-electron chi connectivity index (χ0n) is 8.50. The van der Waals surface area contributed by atoms with Gasteiger partial charge in [0.1, 0.15) is 0 Å². The molecule has 0 bridgehead atoms. The third kappa shape index (κ3) is 2.10. The van der Waals surface area contributed by atoms with Crippen LogP contribution in [0.3, 0.4) is 0 Å². The van der Waals surface area contributed by atoms with E-state index in [1.807, 2.05) is 32.0 Å². The van der Waals surface area contributed by atoms with Gasteiger partial charge in [0.2, 0.25) is 0 Å². The molecule has 1 atom stereocenters. The molecule has 0 saturated carbocycles. The van der Waals surface area contributed by atoms with Crippen molar-refractivity contribution >= 4 is 9.73 Å². The van der Waals surface area contributed by atoms with Crippen molar-refractivity contribution in [2.75, 3.05) is 13.3 Å². The Labute approximate surface area is 80.2 Å². The van der Waals surface area contributed by atoms with Crippen LogP contribution in [0.1, 0.15) is 11.1 Å². The summed E-state index contributed by atoms with van der Waals surface area (Å²) in [6.45, 7) is 3.99. The molecule has 72 valence electrons. The van der Waals surface area contributed by atoms with Crippen molar-refractivity contribution in [1.82, 2.24) is 0 Å². The highest BCUT2D eigenvalue weighted by Gasteiger charge is 2.07. The fourth-order valence-electron chi connectivity index (χ4n) is 1.32. The average Bonchev–Trinajstić information content (AvgIpc) is 2.03. The summed E-state index contributed by atoms with van der Waals surface area (Å²) in [7, 11) is -0.572. The molecule has 1 aromatic rings. The normalized spacial score (nSPS) is 15.1. The molecular formula is C10H15NOS. The Balaban J connectivity index is 3.42. The van der Waals surface area contributed by atoms with E-state index in [0.717, 1.165) is 10.5 Å². The van der Waals surface area contributed by atoms with Crippen LogP contribution in [0.2, 0.25) is 0 Å². The average molecular weight is 197 g/mol. The van der Waals surface area contributed by atoms with E-state index in [1.165, 1.54) is 5.56 Å². The number of benzene rings is 1. The monoisotopic (exact) mass is 197 g/mol. The summed E-state index contributed by atoms with van der Waals surface area (Å²) >= 11 is 0. The topological polar surface area (TPSA) is 29.4 Å². The van der Waals surface area contributed by atoms with E-state index in [1.54, 1.807) is 13.3 Å². The van der Waals surface area contributed by atoms with Gasteiger partial charge < -0.3 is 0 Å². The van der Waals surface area contributed by atoms with Crippen molar-refractivity contribution in [3.63, 3.8) is 0 Å². The van der Waals surface area contributed by atoms with E-state index < -0.39 is 9.73 Å². The summed E-state index contributed by atoms with van der Waals surface area (Å²) in [5.74, 6) is 0. The first-order chi connectivity index (χ1) is 5.97. The van der Waals surface area contributed by atoms with Gasteiger partial charge in [-0.1, -0.05) is 17.7 Å². The lowest BCUT2D eigenvalue weighted by molar-refractivity contribution is 0.679. The van der Waals surface area contributed by atoms with E-state index >= 15 is 0 Å². The minimum atomic E-state index is -2.17. The highest BCUT2D eigenvalue weighted by molar-refractivity contribution is 7.93. The van der Waals surface area contributed by atoms with Gasteiger partial charge in [0.15, 0.2) is 0 Å². The van der Waals surface area contributed by atoms with Crippen LogP contribution in [-0.4, -0.2) is 17.5 Å². The van der Waals surface area contributed by atoms with Gasteiger partial charge in [-0.15, -0.1) is 0 Å². The molecule has 1 aromatic carbocycles. The minimum Gasteiger partial charge on any atom is -0.245 e. The summed E-state index contributed by atoms with van der Waals surface area (Å²) < 4.78 is 15.8. The molecule has 0 aliphatic rings. The maximum Gasteiger partial charge on any atom is 0.0722 e. The molecule has 0 radical (unpaired) electrons. The molecule has 0 N–H and O–H groups in total.